The van der Waals surface area contributed by atoms with E-state index in [-0.39, 0.29) is 11.8 Å². The summed E-state index contributed by atoms with van der Waals surface area (Å²) in [7, 11) is 0. The topological polar surface area (TPSA) is 55.1 Å². The van der Waals surface area contributed by atoms with Crippen LogP contribution < -0.4 is 11.1 Å². The first-order valence-electron chi connectivity index (χ1n) is 7.36. The third kappa shape index (κ3) is 4.06. The molecule has 19 heavy (non-hydrogen) atoms. The highest BCUT2D eigenvalue weighted by molar-refractivity contribution is 5.84. The number of benzene rings is 1. The van der Waals surface area contributed by atoms with E-state index in [0.717, 1.165) is 18.4 Å². The second-order valence-electron chi connectivity index (χ2n) is 5.40. The number of nitrogens with two attached hydrogens (primary N) is 1. The Kier molecular flexibility index (Phi) is 5.40. The van der Waals surface area contributed by atoms with Crippen molar-refractivity contribution < 1.29 is 4.79 Å². The molecule has 0 heterocycles. The van der Waals surface area contributed by atoms with Gasteiger partial charge >= 0.3 is 0 Å². The SMILES string of the molecule is NCC(C(=O)NC1CCCCCC1)c1ccccc1. The van der Waals surface area contributed by atoms with Crippen molar-refractivity contribution in [3.05, 3.63) is 35.9 Å². The highest BCUT2D eigenvalue weighted by atomic mass is 16.1. The molecule has 3 N–H and O–H groups in total. The fourth-order valence-electron chi connectivity index (χ4n) is 2.81. The molecule has 0 aromatic heterocycles. The van der Waals surface area contributed by atoms with E-state index in [4.69, 9.17) is 5.73 Å². The molecule has 3 heteroatoms. The summed E-state index contributed by atoms with van der Waals surface area (Å²) in [5.41, 5.74) is 6.79. The maximum atomic E-state index is 12.4. The minimum Gasteiger partial charge on any atom is -0.353 e. The van der Waals surface area contributed by atoms with E-state index in [0.29, 0.717) is 12.6 Å². The van der Waals surface area contributed by atoms with Gasteiger partial charge in [0.05, 0.1) is 5.92 Å². The molecule has 1 unspecified atom stereocenters. The summed E-state index contributed by atoms with van der Waals surface area (Å²) in [4.78, 5) is 12.4. The van der Waals surface area contributed by atoms with Crippen LogP contribution in [0.2, 0.25) is 0 Å². The number of hydrogen-bond acceptors (Lipinski definition) is 2. The third-order valence-corrected chi connectivity index (χ3v) is 3.96. The van der Waals surface area contributed by atoms with E-state index in [1.54, 1.807) is 0 Å². The van der Waals surface area contributed by atoms with Gasteiger partial charge in [0.15, 0.2) is 0 Å². The zero-order chi connectivity index (χ0) is 13.5. The van der Waals surface area contributed by atoms with Crippen molar-refractivity contribution in [2.24, 2.45) is 5.73 Å². The molecule has 0 spiro atoms. The number of carbonyl (C=O) groups is 1. The maximum absolute atomic E-state index is 12.4. The predicted molar refractivity (Wildman–Crippen MR) is 77.9 cm³/mol. The van der Waals surface area contributed by atoms with Gasteiger partial charge in [-0.15, -0.1) is 0 Å². The van der Waals surface area contributed by atoms with Gasteiger partial charge in [-0.25, -0.2) is 0 Å². The standard InChI is InChI=1S/C16H24N2O/c17-12-15(13-8-4-3-5-9-13)16(19)18-14-10-6-1-2-7-11-14/h3-5,8-9,14-15H,1-2,6-7,10-12,17H2,(H,18,19). The quantitative estimate of drug-likeness (QED) is 0.817. The Labute approximate surface area is 115 Å². The fraction of sp³-hybridized carbons (Fsp3) is 0.562. The van der Waals surface area contributed by atoms with Crippen molar-refractivity contribution >= 4 is 5.91 Å². The van der Waals surface area contributed by atoms with Crippen molar-refractivity contribution in [1.82, 2.24) is 5.32 Å². The number of carbonyl (C=O) groups excluding carboxylic acids is 1. The van der Waals surface area contributed by atoms with E-state index < -0.39 is 0 Å². The van der Waals surface area contributed by atoms with Gasteiger partial charge in [-0.05, 0) is 18.4 Å². The van der Waals surface area contributed by atoms with Gasteiger partial charge in [-0.1, -0.05) is 56.0 Å². The van der Waals surface area contributed by atoms with Gasteiger partial charge < -0.3 is 11.1 Å². The van der Waals surface area contributed by atoms with E-state index in [9.17, 15) is 4.79 Å². The molecular formula is C16H24N2O. The number of hydrogen-bond donors (Lipinski definition) is 2. The van der Waals surface area contributed by atoms with Gasteiger partial charge in [0, 0.05) is 12.6 Å². The van der Waals surface area contributed by atoms with Crippen LogP contribution >= 0.6 is 0 Å². The Morgan fingerprint density at radius 2 is 1.79 bits per heavy atom. The number of amides is 1. The molecule has 1 amide bonds. The predicted octanol–water partition coefficient (Wildman–Crippen LogP) is 2.57. The van der Waals surface area contributed by atoms with Crippen LogP contribution in [0.15, 0.2) is 30.3 Å². The van der Waals surface area contributed by atoms with Gasteiger partial charge in [-0.3, -0.25) is 4.79 Å². The number of rotatable bonds is 4. The molecule has 1 aliphatic rings. The van der Waals surface area contributed by atoms with Crippen LogP contribution in [0, 0.1) is 0 Å². The molecule has 0 aliphatic heterocycles. The second-order valence-corrected chi connectivity index (χ2v) is 5.40. The smallest absolute Gasteiger partial charge is 0.229 e. The Hall–Kier alpha value is -1.35. The van der Waals surface area contributed by atoms with Crippen molar-refractivity contribution in [1.29, 1.82) is 0 Å². The van der Waals surface area contributed by atoms with Gasteiger partial charge in [0.1, 0.15) is 0 Å². The van der Waals surface area contributed by atoms with Gasteiger partial charge in [-0.2, -0.15) is 0 Å². The first-order valence-corrected chi connectivity index (χ1v) is 7.36. The molecule has 2 rings (SSSR count). The van der Waals surface area contributed by atoms with Crippen LogP contribution in [0.4, 0.5) is 0 Å². The largest absolute Gasteiger partial charge is 0.353 e. The monoisotopic (exact) mass is 260 g/mol. The van der Waals surface area contributed by atoms with Crippen LogP contribution in [0.1, 0.15) is 50.0 Å². The molecule has 0 radical (unpaired) electrons. The first-order chi connectivity index (χ1) is 9.31. The Morgan fingerprint density at radius 3 is 2.37 bits per heavy atom. The molecule has 1 aliphatic carbocycles. The van der Waals surface area contributed by atoms with E-state index in [2.05, 4.69) is 5.32 Å². The lowest BCUT2D eigenvalue weighted by Crippen LogP contribution is -2.40. The van der Waals surface area contributed by atoms with Crippen LogP contribution in [0.3, 0.4) is 0 Å². The summed E-state index contributed by atoms with van der Waals surface area (Å²) in [6.45, 7) is 0.364. The molecule has 1 atom stereocenters. The average molecular weight is 260 g/mol. The van der Waals surface area contributed by atoms with Crippen LogP contribution in [-0.4, -0.2) is 18.5 Å². The summed E-state index contributed by atoms with van der Waals surface area (Å²) < 4.78 is 0. The molecule has 0 bridgehead atoms. The lowest BCUT2D eigenvalue weighted by atomic mass is 9.97. The van der Waals surface area contributed by atoms with Crippen LogP contribution in [0.25, 0.3) is 0 Å². The molecule has 1 aromatic rings. The van der Waals surface area contributed by atoms with Crippen molar-refractivity contribution in [3.63, 3.8) is 0 Å². The Morgan fingerprint density at radius 1 is 1.16 bits per heavy atom. The molecule has 0 saturated heterocycles. The van der Waals surface area contributed by atoms with Crippen LogP contribution in [-0.2, 0) is 4.79 Å². The van der Waals surface area contributed by atoms with E-state index in [1.807, 2.05) is 30.3 Å². The molecule has 1 saturated carbocycles. The summed E-state index contributed by atoms with van der Waals surface area (Å²) in [5, 5.41) is 3.19. The van der Waals surface area contributed by atoms with Crippen molar-refractivity contribution in [3.8, 4) is 0 Å². The van der Waals surface area contributed by atoms with Crippen LogP contribution in [0.5, 0.6) is 0 Å². The van der Waals surface area contributed by atoms with Crippen molar-refractivity contribution in [2.45, 2.75) is 50.5 Å². The van der Waals surface area contributed by atoms with E-state index >= 15 is 0 Å². The third-order valence-electron chi connectivity index (χ3n) is 3.96. The maximum Gasteiger partial charge on any atom is 0.229 e. The number of nitrogens with one attached hydrogen (secondary N) is 1. The minimum absolute atomic E-state index is 0.0839. The van der Waals surface area contributed by atoms with E-state index in [1.165, 1.54) is 25.7 Å². The summed E-state index contributed by atoms with van der Waals surface area (Å²) in [6.07, 6.45) is 7.26. The summed E-state index contributed by atoms with van der Waals surface area (Å²) in [5.74, 6) is -0.134. The molecule has 104 valence electrons. The lowest BCUT2D eigenvalue weighted by Gasteiger charge is -2.21. The zero-order valence-corrected chi connectivity index (χ0v) is 11.5. The van der Waals surface area contributed by atoms with Crippen molar-refractivity contribution in [2.75, 3.05) is 6.54 Å². The normalized spacial score (nSPS) is 18.6. The minimum atomic E-state index is -0.218. The van der Waals surface area contributed by atoms with Gasteiger partial charge in [0.2, 0.25) is 5.91 Å². The molecule has 1 aromatic carbocycles. The highest BCUT2D eigenvalue weighted by Crippen LogP contribution is 2.19. The highest BCUT2D eigenvalue weighted by Gasteiger charge is 2.22. The molecule has 1 fully saturated rings. The fourth-order valence-corrected chi connectivity index (χ4v) is 2.81. The summed E-state index contributed by atoms with van der Waals surface area (Å²) in [6, 6.07) is 10.2. The molecule has 3 nitrogen and oxygen atoms in total. The average Bonchev–Trinajstić information content (AvgIpc) is 2.69. The Balaban J connectivity index is 1.96. The second kappa shape index (κ2) is 7.29. The zero-order valence-electron chi connectivity index (χ0n) is 11.5. The Bertz CT molecular complexity index is 383. The first kappa shape index (κ1) is 14.1. The molecular weight excluding hydrogens is 236 g/mol. The lowest BCUT2D eigenvalue weighted by molar-refractivity contribution is -0.123. The summed E-state index contributed by atoms with van der Waals surface area (Å²) >= 11 is 0. The van der Waals surface area contributed by atoms with Gasteiger partial charge in [0.25, 0.3) is 0 Å².